The highest BCUT2D eigenvalue weighted by molar-refractivity contribution is 6.34. The van der Waals surface area contributed by atoms with E-state index in [-0.39, 0.29) is 6.61 Å². The minimum Gasteiger partial charge on any atom is -0.488 e. The van der Waals surface area contributed by atoms with E-state index >= 15 is 0 Å². The number of pyridine rings is 2. The number of rotatable bonds is 8. The van der Waals surface area contributed by atoms with Crippen LogP contribution in [0.3, 0.4) is 0 Å². The molecule has 2 fully saturated rings. The largest absolute Gasteiger partial charge is 0.488 e. The third kappa shape index (κ3) is 4.75. The van der Waals surface area contributed by atoms with Crippen LogP contribution in [-0.2, 0) is 9.47 Å². The van der Waals surface area contributed by atoms with Gasteiger partial charge in [-0.2, -0.15) is 5.10 Å². The van der Waals surface area contributed by atoms with Crippen LogP contribution in [0.1, 0.15) is 36.4 Å². The molecule has 0 aliphatic carbocycles. The number of hydrogen-bond acceptors (Lipinski definition) is 8. The van der Waals surface area contributed by atoms with Gasteiger partial charge < -0.3 is 14.2 Å². The van der Waals surface area contributed by atoms with Crippen molar-refractivity contribution in [2.45, 2.75) is 38.0 Å². The van der Waals surface area contributed by atoms with E-state index in [1.54, 1.807) is 23.9 Å². The molecule has 12 heteroatoms. The van der Waals surface area contributed by atoms with E-state index in [1.165, 1.54) is 6.07 Å². The van der Waals surface area contributed by atoms with Crippen molar-refractivity contribution in [3.05, 3.63) is 59.0 Å². The third-order valence-corrected chi connectivity index (χ3v) is 7.75. The maximum absolute atomic E-state index is 13.3. The molecule has 1 unspecified atom stereocenters. The molecule has 0 saturated carbocycles. The van der Waals surface area contributed by atoms with E-state index < -0.39 is 11.9 Å². The van der Waals surface area contributed by atoms with E-state index in [2.05, 4.69) is 25.3 Å². The number of nitrogens with zero attached hydrogens (tertiary/aromatic N) is 7. The summed E-state index contributed by atoms with van der Waals surface area (Å²) in [5.41, 5.74) is 3.77. The van der Waals surface area contributed by atoms with Gasteiger partial charge in [-0.1, -0.05) is 16.8 Å². The highest BCUT2D eigenvalue weighted by Gasteiger charge is 2.31. The van der Waals surface area contributed by atoms with Crippen LogP contribution in [0.25, 0.3) is 16.8 Å². The summed E-state index contributed by atoms with van der Waals surface area (Å²) < 4.78 is 34.2. The topological polar surface area (TPSA) is 91.8 Å². The predicted molar refractivity (Wildman–Crippen MR) is 138 cm³/mol. The minimum absolute atomic E-state index is 0.145. The Hall–Kier alpha value is -3.12. The zero-order valence-electron chi connectivity index (χ0n) is 21.3. The zero-order valence-corrected chi connectivity index (χ0v) is 22.0. The molecule has 38 heavy (non-hydrogen) atoms. The molecule has 0 amide bonds. The Morgan fingerprint density at radius 3 is 2.68 bits per heavy atom. The van der Waals surface area contributed by atoms with Gasteiger partial charge in [-0.15, -0.1) is 5.10 Å². The Balaban J connectivity index is 1.24. The number of likely N-dealkylation sites (tertiary alicyclic amines) is 1. The van der Waals surface area contributed by atoms with E-state index in [0.717, 1.165) is 62.3 Å². The Morgan fingerprint density at radius 1 is 1.18 bits per heavy atom. The van der Waals surface area contributed by atoms with Crippen LogP contribution in [-0.4, -0.2) is 80.6 Å². The smallest absolute Gasteiger partial charge is 0.147 e. The van der Waals surface area contributed by atoms with Crippen LogP contribution in [0.5, 0.6) is 5.75 Å². The lowest BCUT2D eigenvalue weighted by molar-refractivity contribution is -0.0735. The van der Waals surface area contributed by atoms with Crippen LogP contribution in [0.2, 0.25) is 5.02 Å². The van der Waals surface area contributed by atoms with Crippen LogP contribution in [0, 0.1) is 12.7 Å². The molecule has 10 nitrogen and oxygen atoms in total. The molecule has 6 heterocycles. The molecule has 0 N–H and O–H groups in total. The summed E-state index contributed by atoms with van der Waals surface area (Å²) in [6.45, 7) is 5.94. The van der Waals surface area contributed by atoms with Gasteiger partial charge in [-0.05, 0) is 38.0 Å². The molecule has 2 aliphatic rings. The van der Waals surface area contributed by atoms with Crippen molar-refractivity contribution in [3.63, 3.8) is 0 Å². The number of fused-ring (bicyclic) bond motifs is 1. The maximum Gasteiger partial charge on any atom is 0.147 e. The number of halogens is 2. The van der Waals surface area contributed by atoms with E-state index in [1.807, 2.05) is 23.9 Å². The van der Waals surface area contributed by atoms with Gasteiger partial charge in [-0.3, -0.25) is 9.88 Å². The average molecular weight is 542 g/mol. The SMILES string of the molecule is COC(COc1cc(-c2nnn(C3CCN(C4COC4)CC3)c2C)cn2ncc(Cl)c12)c1ccc(F)cn1. The average Bonchev–Trinajstić information content (AvgIpc) is 3.47. The number of methoxy groups -OCH3 is 1. The lowest BCUT2D eigenvalue weighted by atomic mass is 10.0. The number of piperidine rings is 1. The molecular weight excluding hydrogens is 513 g/mol. The highest BCUT2D eigenvalue weighted by atomic mass is 35.5. The number of ether oxygens (including phenoxy) is 3. The van der Waals surface area contributed by atoms with Crippen molar-refractivity contribution in [1.29, 1.82) is 0 Å². The molecule has 0 bridgehead atoms. The lowest BCUT2D eigenvalue weighted by Crippen LogP contribution is -2.52. The van der Waals surface area contributed by atoms with Crippen molar-refractivity contribution < 1.29 is 18.6 Å². The van der Waals surface area contributed by atoms with Crippen LogP contribution in [0.4, 0.5) is 4.39 Å². The van der Waals surface area contributed by atoms with Gasteiger partial charge in [0.2, 0.25) is 0 Å². The fourth-order valence-corrected chi connectivity index (χ4v) is 5.41. The summed E-state index contributed by atoms with van der Waals surface area (Å²) in [5.74, 6) is 0.117. The first-order chi connectivity index (χ1) is 18.5. The first-order valence-corrected chi connectivity index (χ1v) is 13.1. The fraction of sp³-hybridized carbons (Fsp3) is 0.462. The molecule has 2 aliphatic heterocycles. The number of aromatic nitrogens is 6. The van der Waals surface area contributed by atoms with Crippen molar-refractivity contribution in [1.82, 2.24) is 34.5 Å². The summed E-state index contributed by atoms with van der Waals surface area (Å²) in [6, 6.07) is 5.69. The normalized spacial score (nSPS) is 18.1. The second kappa shape index (κ2) is 10.6. The van der Waals surface area contributed by atoms with Crippen LogP contribution in [0.15, 0.2) is 36.8 Å². The van der Waals surface area contributed by atoms with Gasteiger partial charge in [0.1, 0.15) is 35.5 Å². The Morgan fingerprint density at radius 2 is 2.00 bits per heavy atom. The van der Waals surface area contributed by atoms with Gasteiger partial charge in [0, 0.05) is 32.0 Å². The molecule has 0 radical (unpaired) electrons. The van der Waals surface area contributed by atoms with E-state index in [4.69, 9.17) is 25.8 Å². The predicted octanol–water partition coefficient (Wildman–Crippen LogP) is 3.89. The van der Waals surface area contributed by atoms with E-state index in [9.17, 15) is 4.39 Å². The van der Waals surface area contributed by atoms with Crippen molar-refractivity contribution in [2.75, 3.05) is 40.0 Å². The molecule has 1 atom stereocenters. The summed E-state index contributed by atoms with van der Waals surface area (Å²) in [5, 5.41) is 13.9. The lowest BCUT2D eigenvalue weighted by Gasteiger charge is -2.41. The summed E-state index contributed by atoms with van der Waals surface area (Å²) >= 11 is 6.45. The van der Waals surface area contributed by atoms with Gasteiger partial charge in [-0.25, -0.2) is 13.6 Å². The minimum atomic E-state index is -0.499. The summed E-state index contributed by atoms with van der Waals surface area (Å²) in [4.78, 5) is 6.64. The quantitative estimate of drug-likeness (QED) is 0.332. The molecule has 4 aromatic rings. The Bertz CT molecular complexity index is 1410. The van der Waals surface area contributed by atoms with E-state index in [0.29, 0.717) is 34.1 Å². The highest BCUT2D eigenvalue weighted by Crippen LogP contribution is 2.34. The van der Waals surface area contributed by atoms with Crippen LogP contribution >= 0.6 is 11.6 Å². The molecule has 6 rings (SSSR count). The molecule has 200 valence electrons. The van der Waals surface area contributed by atoms with Crippen molar-refractivity contribution >= 4 is 17.1 Å². The maximum atomic E-state index is 13.3. The van der Waals surface area contributed by atoms with Gasteiger partial charge in [0.15, 0.2) is 0 Å². The fourth-order valence-electron chi connectivity index (χ4n) is 5.19. The summed E-state index contributed by atoms with van der Waals surface area (Å²) in [6.07, 6.45) is 6.17. The second-order valence-corrected chi connectivity index (χ2v) is 10.1. The monoisotopic (exact) mass is 541 g/mol. The van der Waals surface area contributed by atoms with Gasteiger partial charge in [0.25, 0.3) is 0 Å². The van der Waals surface area contributed by atoms with Crippen molar-refractivity contribution in [3.8, 4) is 17.0 Å². The zero-order chi connectivity index (χ0) is 26.2. The molecule has 0 spiro atoms. The molecule has 0 aromatic carbocycles. The van der Waals surface area contributed by atoms with Crippen molar-refractivity contribution in [2.24, 2.45) is 0 Å². The summed E-state index contributed by atoms with van der Waals surface area (Å²) in [7, 11) is 1.56. The molecular formula is C26H29ClFN7O3. The second-order valence-electron chi connectivity index (χ2n) is 9.74. The Labute approximate surface area is 224 Å². The third-order valence-electron chi connectivity index (χ3n) is 7.47. The standard InChI is InChI=1S/C26H29ClFN7O3/c1-16-25(31-32-35(16)19-5-7-33(8-6-19)20-13-37-14-20)17-9-23(26-21(27)11-30-34(26)12-17)38-15-24(36-2)22-4-3-18(28)10-29-22/h3-4,9-12,19-20,24H,5-8,13-15H2,1-2H3. The molecule has 4 aromatic heterocycles. The first kappa shape index (κ1) is 25.2. The number of hydrogen-bond donors (Lipinski definition) is 0. The van der Waals surface area contributed by atoms with Gasteiger partial charge >= 0.3 is 0 Å². The van der Waals surface area contributed by atoms with Gasteiger partial charge in [0.05, 0.1) is 54.1 Å². The van der Waals surface area contributed by atoms with Crippen LogP contribution < -0.4 is 4.74 Å². The molecule has 2 saturated heterocycles. The first-order valence-electron chi connectivity index (χ1n) is 12.7. The Kier molecular flexibility index (Phi) is 7.00.